The highest BCUT2D eigenvalue weighted by molar-refractivity contribution is 7.45. The summed E-state index contributed by atoms with van der Waals surface area (Å²) >= 11 is 0. The SMILES string of the molecule is CCCCCC/C=C\C/C=C\CCCCCCCCCC(=O)OC(COC(=O)CCCCCCCCCCCCCCCCCCC/C=C\CCCCCCCCCC)COP(=O)([O-])OCC[N+](C)(C)C. The molecule has 418 valence electrons. The average molecular weight is 1020 g/mol. The van der Waals surface area contributed by atoms with Crippen LogP contribution in [0.5, 0.6) is 0 Å². The number of phosphoric ester groups is 1. The summed E-state index contributed by atoms with van der Waals surface area (Å²) in [5.74, 6) is -0.830. The lowest BCUT2D eigenvalue weighted by Crippen LogP contribution is -2.37. The minimum absolute atomic E-state index is 0.0313. The predicted octanol–water partition coefficient (Wildman–Crippen LogP) is 18.1. The molecule has 0 radical (unpaired) electrons. The zero-order valence-corrected chi connectivity index (χ0v) is 48.3. The zero-order valence-electron chi connectivity index (χ0n) is 47.4. The molecule has 0 aromatic carbocycles. The van der Waals surface area contributed by atoms with E-state index < -0.39 is 26.5 Å². The van der Waals surface area contributed by atoms with E-state index in [0.29, 0.717) is 17.4 Å². The van der Waals surface area contributed by atoms with Crippen LogP contribution in [0.15, 0.2) is 36.5 Å². The molecule has 0 aliphatic heterocycles. The normalized spacial score (nSPS) is 13.5. The molecular weight excluding hydrogens is 906 g/mol. The summed E-state index contributed by atoms with van der Waals surface area (Å²) in [4.78, 5) is 37.9. The maximum absolute atomic E-state index is 12.8. The Balaban J connectivity index is 4.07. The van der Waals surface area contributed by atoms with Crippen LogP contribution in [0.1, 0.15) is 290 Å². The number of ether oxygens (including phenoxy) is 2. The molecule has 10 heteroatoms. The fraction of sp³-hybridized carbons (Fsp3) is 0.869. The third-order valence-electron chi connectivity index (χ3n) is 13.4. The number of nitrogens with zero attached hydrogens (tertiary/aromatic N) is 1. The maximum atomic E-state index is 12.8. The molecule has 0 saturated carbocycles. The zero-order chi connectivity index (χ0) is 52.0. The summed E-state index contributed by atoms with van der Waals surface area (Å²) in [5.41, 5.74) is 0. The number of allylic oxidation sites excluding steroid dienone is 6. The number of unbranched alkanes of at least 4 members (excludes halogenated alkanes) is 36. The number of rotatable bonds is 56. The quantitative estimate of drug-likeness (QED) is 0.0195. The van der Waals surface area contributed by atoms with Crippen LogP contribution in [0.3, 0.4) is 0 Å². The number of phosphoric acid groups is 1. The van der Waals surface area contributed by atoms with Crippen molar-refractivity contribution in [3.63, 3.8) is 0 Å². The van der Waals surface area contributed by atoms with Gasteiger partial charge in [0.2, 0.25) is 0 Å². The number of likely N-dealkylation sites (N-methyl/N-ethyl adjacent to an activating group) is 1. The van der Waals surface area contributed by atoms with Crippen LogP contribution >= 0.6 is 7.82 Å². The molecule has 9 nitrogen and oxygen atoms in total. The number of esters is 2. The van der Waals surface area contributed by atoms with Crippen LogP contribution in [0.25, 0.3) is 0 Å². The van der Waals surface area contributed by atoms with Crippen molar-refractivity contribution in [1.29, 1.82) is 0 Å². The van der Waals surface area contributed by atoms with Gasteiger partial charge >= 0.3 is 11.9 Å². The van der Waals surface area contributed by atoms with Gasteiger partial charge in [0.15, 0.2) is 6.10 Å². The van der Waals surface area contributed by atoms with E-state index in [1.165, 1.54) is 205 Å². The summed E-state index contributed by atoms with van der Waals surface area (Å²) in [7, 11) is 1.17. The van der Waals surface area contributed by atoms with Crippen LogP contribution in [0, 0.1) is 0 Å². The molecule has 0 saturated heterocycles. The third-order valence-corrected chi connectivity index (χ3v) is 14.3. The molecule has 0 aromatic rings. The Morgan fingerprint density at radius 2 is 0.761 bits per heavy atom. The molecule has 0 fully saturated rings. The lowest BCUT2D eigenvalue weighted by Gasteiger charge is -2.28. The molecule has 0 aliphatic rings. The van der Waals surface area contributed by atoms with Crippen molar-refractivity contribution in [2.24, 2.45) is 0 Å². The standard InChI is InChI=1S/C61H116NO8P/c1-6-8-10-12-14-16-18-20-22-24-26-27-28-29-30-31-32-33-34-35-36-38-39-41-43-45-47-49-51-53-60(63)67-57-59(58-69-71(65,66)68-56-55-62(3,4)5)70-61(64)54-52-50-48-46-44-42-40-37-25-23-21-19-17-15-13-11-9-7-2/h17,19,23-26,59H,6-16,18,20-22,27-58H2,1-5H3/b19-17-,25-23-,26-24-. The van der Waals surface area contributed by atoms with Gasteiger partial charge in [-0.3, -0.25) is 14.2 Å². The highest BCUT2D eigenvalue weighted by Gasteiger charge is 2.22. The summed E-state index contributed by atoms with van der Waals surface area (Å²) in [6, 6.07) is 0. The van der Waals surface area contributed by atoms with Gasteiger partial charge in [0.05, 0.1) is 27.7 Å². The lowest BCUT2D eigenvalue weighted by atomic mass is 10.0. The number of hydrogen-bond acceptors (Lipinski definition) is 8. The van der Waals surface area contributed by atoms with Gasteiger partial charge in [0.25, 0.3) is 7.82 Å². The second kappa shape index (κ2) is 53.1. The molecule has 0 aromatic heterocycles. The van der Waals surface area contributed by atoms with Crippen LogP contribution in [0.2, 0.25) is 0 Å². The maximum Gasteiger partial charge on any atom is 0.306 e. The number of hydrogen-bond donors (Lipinski definition) is 0. The van der Waals surface area contributed by atoms with Gasteiger partial charge in [0.1, 0.15) is 19.8 Å². The Morgan fingerprint density at radius 3 is 1.14 bits per heavy atom. The molecule has 0 bridgehead atoms. The predicted molar refractivity (Wildman–Crippen MR) is 301 cm³/mol. The van der Waals surface area contributed by atoms with Crippen molar-refractivity contribution in [2.45, 2.75) is 296 Å². The Kier molecular flexibility index (Phi) is 51.7. The Morgan fingerprint density at radius 1 is 0.437 bits per heavy atom. The average Bonchev–Trinajstić information content (AvgIpc) is 3.33. The molecule has 2 unspecified atom stereocenters. The molecular formula is C61H116NO8P. The monoisotopic (exact) mass is 1020 g/mol. The van der Waals surface area contributed by atoms with E-state index in [-0.39, 0.29) is 32.0 Å². The highest BCUT2D eigenvalue weighted by Crippen LogP contribution is 2.38. The van der Waals surface area contributed by atoms with E-state index in [0.717, 1.165) is 51.4 Å². The smallest absolute Gasteiger partial charge is 0.306 e. The van der Waals surface area contributed by atoms with E-state index in [1.54, 1.807) is 0 Å². The Bertz CT molecular complexity index is 1300. The summed E-state index contributed by atoms with van der Waals surface area (Å²) in [6.45, 7) is 4.25. The fourth-order valence-corrected chi connectivity index (χ4v) is 9.41. The molecule has 0 rings (SSSR count). The topological polar surface area (TPSA) is 111 Å². The largest absolute Gasteiger partial charge is 0.756 e. The van der Waals surface area contributed by atoms with Crippen LogP contribution in [-0.2, 0) is 32.7 Å². The third kappa shape index (κ3) is 57.4. The highest BCUT2D eigenvalue weighted by atomic mass is 31.2. The van der Waals surface area contributed by atoms with Crippen molar-refractivity contribution in [2.75, 3.05) is 47.5 Å². The second-order valence-corrected chi connectivity index (χ2v) is 23.1. The molecule has 0 N–H and O–H groups in total. The molecule has 0 spiro atoms. The van der Waals surface area contributed by atoms with Gasteiger partial charge in [-0.25, -0.2) is 0 Å². The van der Waals surface area contributed by atoms with Crippen molar-refractivity contribution in [3.05, 3.63) is 36.5 Å². The first-order chi connectivity index (χ1) is 34.5. The van der Waals surface area contributed by atoms with Gasteiger partial charge in [-0.1, -0.05) is 243 Å². The molecule has 0 amide bonds. The molecule has 0 heterocycles. The van der Waals surface area contributed by atoms with Gasteiger partial charge in [-0.2, -0.15) is 0 Å². The van der Waals surface area contributed by atoms with Crippen molar-refractivity contribution in [3.8, 4) is 0 Å². The van der Waals surface area contributed by atoms with Crippen LogP contribution in [0.4, 0.5) is 0 Å². The Labute approximate surface area is 440 Å². The van der Waals surface area contributed by atoms with E-state index in [2.05, 4.69) is 50.3 Å². The van der Waals surface area contributed by atoms with Gasteiger partial charge in [-0.15, -0.1) is 0 Å². The van der Waals surface area contributed by atoms with E-state index in [1.807, 2.05) is 21.1 Å². The number of carbonyl (C=O) groups is 2. The van der Waals surface area contributed by atoms with Crippen LogP contribution in [-0.4, -0.2) is 70.0 Å². The first-order valence-corrected chi connectivity index (χ1v) is 31.7. The fourth-order valence-electron chi connectivity index (χ4n) is 8.68. The van der Waals surface area contributed by atoms with Gasteiger partial charge in [-0.05, 0) is 70.6 Å². The van der Waals surface area contributed by atoms with E-state index in [4.69, 9.17) is 18.5 Å². The van der Waals surface area contributed by atoms with E-state index in [9.17, 15) is 19.0 Å². The van der Waals surface area contributed by atoms with Crippen LogP contribution < -0.4 is 4.89 Å². The molecule has 71 heavy (non-hydrogen) atoms. The van der Waals surface area contributed by atoms with Crippen molar-refractivity contribution < 1.29 is 42.1 Å². The van der Waals surface area contributed by atoms with Crippen molar-refractivity contribution >= 4 is 19.8 Å². The summed E-state index contributed by atoms with van der Waals surface area (Å²) in [6.07, 6.45) is 64.9. The molecule has 2 atom stereocenters. The van der Waals surface area contributed by atoms with Crippen molar-refractivity contribution in [1.82, 2.24) is 0 Å². The minimum Gasteiger partial charge on any atom is -0.756 e. The molecule has 0 aliphatic carbocycles. The number of quaternary nitrogens is 1. The first-order valence-electron chi connectivity index (χ1n) is 30.2. The van der Waals surface area contributed by atoms with Gasteiger partial charge in [0, 0.05) is 12.8 Å². The van der Waals surface area contributed by atoms with Gasteiger partial charge < -0.3 is 27.9 Å². The second-order valence-electron chi connectivity index (χ2n) is 21.7. The van der Waals surface area contributed by atoms with E-state index >= 15 is 0 Å². The lowest BCUT2D eigenvalue weighted by molar-refractivity contribution is -0.870. The Hall–Kier alpha value is -1.77. The summed E-state index contributed by atoms with van der Waals surface area (Å²) < 4.78 is 34.2. The summed E-state index contributed by atoms with van der Waals surface area (Å²) in [5, 5.41) is 0. The first kappa shape index (κ1) is 69.2. The minimum atomic E-state index is -4.64. The number of carbonyl (C=O) groups excluding carboxylic acids is 2.